The van der Waals surface area contributed by atoms with Gasteiger partial charge in [0.25, 0.3) is 0 Å². The molecule has 1 saturated heterocycles. The van der Waals surface area contributed by atoms with E-state index in [0.717, 1.165) is 38.3 Å². The van der Waals surface area contributed by atoms with Gasteiger partial charge in [0, 0.05) is 82.1 Å². The Morgan fingerprint density at radius 3 is 2.42 bits per heavy atom. The Labute approximate surface area is 194 Å². The molecular weight excluding hydrogens is 418 g/mol. The van der Waals surface area contributed by atoms with Crippen LogP contribution in [0.2, 0.25) is 0 Å². The molecular formula is C24H31N7O2. The normalized spacial score (nSPS) is 15.2. The van der Waals surface area contributed by atoms with E-state index >= 15 is 0 Å². The molecule has 1 amide bonds. The molecule has 1 aromatic heterocycles. The summed E-state index contributed by atoms with van der Waals surface area (Å²) in [6.07, 6.45) is 8.80. The van der Waals surface area contributed by atoms with E-state index in [1.165, 1.54) is 18.2 Å². The quantitative estimate of drug-likeness (QED) is 0.358. The van der Waals surface area contributed by atoms with E-state index in [1.54, 1.807) is 30.7 Å². The molecule has 1 aliphatic rings. The van der Waals surface area contributed by atoms with Gasteiger partial charge in [-0.2, -0.15) is 5.10 Å². The van der Waals surface area contributed by atoms with Crippen LogP contribution in [0.5, 0.6) is 0 Å². The predicted octanol–water partition coefficient (Wildman–Crippen LogP) is 1.78. The Morgan fingerprint density at radius 2 is 1.79 bits per heavy atom. The molecule has 9 nitrogen and oxygen atoms in total. The van der Waals surface area contributed by atoms with Crippen molar-refractivity contribution in [3.63, 3.8) is 0 Å². The number of carbonyl (C=O) groups excluding carboxylic acids is 2. The lowest BCUT2D eigenvalue weighted by molar-refractivity contribution is -0.118. The summed E-state index contributed by atoms with van der Waals surface area (Å²) >= 11 is 0. The minimum Gasteiger partial charge on any atom is -0.360 e. The Hall–Kier alpha value is -3.59. The maximum atomic E-state index is 12.0. The second-order valence-electron chi connectivity index (χ2n) is 7.99. The van der Waals surface area contributed by atoms with Gasteiger partial charge in [-0.1, -0.05) is 24.3 Å². The third-order valence-corrected chi connectivity index (χ3v) is 5.56. The molecule has 0 saturated carbocycles. The van der Waals surface area contributed by atoms with Crippen molar-refractivity contribution < 1.29 is 9.59 Å². The molecule has 0 aliphatic carbocycles. The van der Waals surface area contributed by atoms with Crippen LogP contribution in [0.1, 0.15) is 34.1 Å². The first-order chi connectivity index (χ1) is 15.9. The average molecular weight is 450 g/mol. The van der Waals surface area contributed by atoms with Crippen LogP contribution < -0.4 is 5.32 Å². The van der Waals surface area contributed by atoms with Gasteiger partial charge in [-0.3, -0.25) is 24.2 Å². The number of Topliss-reactive ketones (excluding diaryl/α,β-unsaturated/α-hetero) is 1. The number of aryl methyl sites for hydroxylation is 1. The third kappa shape index (κ3) is 7.50. The molecule has 1 fully saturated rings. The lowest BCUT2D eigenvalue weighted by Gasteiger charge is -2.33. The highest BCUT2D eigenvalue weighted by Crippen LogP contribution is 2.11. The standard InChI is InChI=1S/C24H31N7O2/c1-19-23(15-28-29(19)3)17-30-10-12-31(13-11-30)18-26-9-8-25-14-21-4-6-22(7-5-21)24(33)16-27-20(2)32/h4-9,14-15,18H,10-13,16-17H2,1-3H3,(H,27,32)/b9-8-,25-14?,26-18?. The lowest BCUT2D eigenvalue weighted by Crippen LogP contribution is -2.45. The number of rotatable bonds is 9. The number of nitrogens with one attached hydrogen (secondary N) is 1. The minimum atomic E-state index is -0.222. The fraction of sp³-hybridized carbons (Fsp3) is 0.375. The van der Waals surface area contributed by atoms with Gasteiger partial charge < -0.3 is 10.2 Å². The van der Waals surface area contributed by atoms with Crippen molar-refractivity contribution in [2.24, 2.45) is 17.0 Å². The molecule has 2 heterocycles. The zero-order valence-corrected chi connectivity index (χ0v) is 19.4. The van der Waals surface area contributed by atoms with Crippen molar-refractivity contribution in [3.8, 4) is 0 Å². The van der Waals surface area contributed by atoms with E-state index in [4.69, 9.17) is 0 Å². The van der Waals surface area contributed by atoms with Crippen LogP contribution in [0, 0.1) is 6.92 Å². The second kappa shape index (κ2) is 11.9. The summed E-state index contributed by atoms with van der Waals surface area (Å²) in [5.74, 6) is -0.351. The monoisotopic (exact) mass is 449 g/mol. The van der Waals surface area contributed by atoms with Crippen molar-refractivity contribution in [2.75, 3.05) is 32.7 Å². The van der Waals surface area contributed by atoms with E-state index < -0.39 is 0 Å². The molecule has 1 aliphatic heterocycles. The maximum Gasteiger partial charge on any atom is 0.217 e. The van der Waals surface area contributed by atoms with Crippen LogP contribution in [-0.4, -0.2) is 76.5 Å². The van der Waals surface area contributed by atoms with E-state index in [-0.39, 0.29) is 18.2 Å². The summed E-state index contributed by atoms with van der Waals surface area (Å²) in [7, 11) is 1.97. The van der Waals surface area contributed by atoms with E-state index in [1.807, 2.05) is 36.4 Å². The predicted molar refractivity (Wildman–Crippen MR) is 129 cm³/mol. The summed E-state index contributed by atoms with van der Waals surface area (Å²) in [6, 6.07) is 7.08. The van der Waals surface area contributed by atoms with Gasteiger partial charge in [0.05, 0.1) is 19.1 Å². The van der Waals surface area contributed by atoms with Crippen LogP contribution in [0.25, 0.3) is 0 Å². The van der Waals surface area contributed by atoms with Crippen molar-refractivity contribution in [1.82, 2.24) is 24.9 Å². The molecule has 174 valence electrons. The highest BCUT2D eigenvalue weighted by atomic mass is 16.2. The Bertz CT molecular complexity index is 1030. The van der Waals surface area contributed by atoms with Crippen molar-refractivity contribution >= 4 is 24.2 Å². The van der Waals surface area contributed by atoms with Crippen molar-refractivity contribution in [3.05, 3.63) is 65.2 Å². The number of nitrogens with zero attached hydrogens (tertiary/aromatic N) is 6. The Morgan fingerprint density at radius 1 is 1.09 bits per heavy atom. The topological polar surface area (TPSA) is 95.2 Å². The molecule has 0 spiro atoms. The molecule has 0 atom stereocenters. The van der Waals surface area contributed by atoms with Crippen LogP contribution in [0.3, 0.4) is 0 Å². The van der Waals surface area contributed by atoms with Crippen molar-refractivity contribution in [2.45, 2.75) is 20.4 Å². The summed E-state index contributed by atoms with van der Waals surface area (Å²) < 4.78 is 1.92. The summed E-state index contributed by atoms with van der Waals surface area (Å²) in [5, 5.41) is 6.82. The number of carbonyl (C=O) groups is 2. The van der Waals surface area contributed by atoms with Gasteiger partial charge in [-0.05, 0) is 12.5 Å². The number of amides is 1. The van der Waals surface area contributed by atoms with Crippen LogP contribution in [0.4, 0.5) is 0 Å². The first-order valence-corrected chi connectivity index (χ1v) is 11.0. The Balaban J connectivity index is 1.38. The minimum absolute atomic E-state index is 0.00272. The van der Waals surface area contributed by atoms with Crippen LogP contribution in [0.15, 0.2) is 52.8 Å². The molecule has 0 radical (unpaired) electrons. The van der Waals surface area contributed by atoms with Gasteiger partial charge in [-0.25, -0.2) is 4.99 Å². The SMILES string of the molecule is CC(=O)NCC(=O)c1ccc(C=N/C=C\N=CN2CCN(Cc3cnn(C)c3C)CC2)cc1. The first-order valence-electron chi connectivity index (χ1n) is 11.0. The van der Waals surface area contributed by atoms with Gasteiger partial charge in [0.15, 0.2) is 5.78 Å². The molecule has 0 bridgehead atoms. The molecule has 3 rings (SSSR count). The largest absolute Gasteiger partial charge is 0.360 e. The van der Waals surface area contributed by atoms with E-state index in [9.17, 15) is 9.59 Å². The average Bonchev–Trinajstić information content (AvgIpc) is 3.13. The van der Waals surface area contributed by atoms with Crippen molar-refractivity contribution in [1.29, 1.82) is 0 Å². The molecule has 2 aromatic rings. The van der Waals surface area contributed by atoms with Gasteiger partial charge in [0.1, 0.15) is 0 Å². The number of benzene rings is 1. The van der Waals surface area contributed by atoms with Gasteiger partial charge in [0.2, 0.25) is 5.91 Å². The Kier molecular flexibility index (Phi) is 8.65. The number of ketones is 1. The zero-order valence-electron chi connectivity index (χ0n) is 19.4. The zero-order chi connectivity index (χ0) is 23.6. The van der Waals surface area contributed by atoms with E-state index in [2.05, 4.69) is 37.1 Å². The fourth-order valence-electron chi connectivity index (χ4n) is 3.38. The molecule has 1 aromatic carbocycles. The molecule has 0 unspecified atom stereocenters. The second-order valence-corrected chi connectivity index (χ2v) is 7.99. The smallest absolute Gasteiger partial charge is 0.217 e. The van der Waals surface area contributed by atoms with E-state index in [0.29, 0.717) is 5.56 Å². The van der Waals surface area contributed by atoms with Gasteiger partial charge >= 0.3 is 0 Å². The first kappa shape index (κ1) is 24.1. The van der Waals surface area contributed by atoms with Crippen LogP contribution in [-0.2, 0) is 18.4 Å². The highest BCUT2D eigenvalue weighted by molar-refractivity contribution is 5.99. The number of aliphatic imine (C=N–C) groups is 2. The summed E-state index contributed by atoms with van der Waals surface area (Å²) in [5.41, 5.74) is 3.93. The molecule has 9 heteroatoms. The number of aromatic nitrogens is 2. The molecule has 1 N–H and O–H groups in total. The maximum absolute atomic E-state index is 12.0. The van der Waals surface area contributed by atoms with Gasteiger partial charge in [-0.15, -0.1) is 0 Å². The third-order valence-electron chi connectivity index (χ3n) is 5.56. The lowest BCUT2D eigenvalue weighted by atomic mass is 10.1. The summed E-state index contributed by atoms with van der Waals surface area (Å²) in [6.45, 7) is 8.28. The molecule has 33 heavy (non-hydrogen) atoms. The van der Waals surface area contributed by atoms with Crippen LogP contribution >= 0.6 is 0 Å². The summed E-state index contributed by atoms with van der Waals surface area (Å²) in [4.78, 5) is 36.0. The number of hydrogen-bond donors (Lipinski definition) is 1. The number of piperazine rings is 1. The highest BCUT2D eigenvalue weighted by Gasteiger charge is 2.16. The number of hydrogen-bond acceptors (Lipinski definition) is 6. The fourth-order valence-corrected chi connectivity index (χ4v) is 3.38.